The van der Waals surface area contributed by atoms with Gasteiger partial charge in [0.15, 0.2) is 0 Å². The van der Waals surface area contributed by atoms with E-state index in [9.17, 15) is 4.79 Å². The highest BCUT2D eigenvalue weighted by molar-refractivity contribution is 5.72. The Bertz CT molecular complexity index is 197. The van der Waals surface area contributed by atoms with E-state index in [0.29, 0.717) is 13.2 Å². The molecule has 0 spiro atoms. The predicted molar refractivity (Wildman–Crippen MR) is 37.6 cm³/mol. The molecule has 1 aliphatic rings. The second-order valence-electron chi connectivity index (χ2n) is 2.38. The van der Waals surface area contributed by atoms with E-state index in [1.807, 2.05) is 0 Å². The first-order valence-electron chi connectivity index (χ1n) is 3.57. The lowest BCUT2D eigenvalue weighted by atomic mass is 10.5. The van der Waals surface area contributed by atoms with Crippen molar-refractivity contribution < 1.29 is 9.53 Å². The van der Waals surface area contributed by atoms with Crippen LogP contribution in [0.3, 0.4) is 0 Å². The van der Waals surface area contributed by atoms with Crippen molar-refractivity contribution in [2.24, 2.45) is 0 Å². The summed E-state index contributed by atoms with van der Waals surface area (Å²) in [5.41, 5.74) is 0. The molecular weight excluding hydrogens is 144 g/mol. The Hall–Kier alpha value is -1.08. The lowest BCUT2D eigenvalue weighted by molar-refractivity contribution is -0.143. The number of hydrogen-bond acceptors (Lipinski definition) is 4. The third-order valence-corrected chi connectivity index (χ3v) is 1.50. The number of nitriles is 1. The lowest BCUT2D eigenvalue weighted by Gasteiger charge is -2.00. The maximum Gasteiger partial charge on any atom is 0.320 e. The molecule has 2 atom stereocenters. The first kappa shape index (κ1) is 8.02. The molecule has 60 valence electrons. The number of carbonyl (C=O) groups is 1. The van der Waals surface area contributed by atoms with Gasteiger partial charge in [0, 0.05) is 6.54 Å². The fraction of sp³-hybridized carbons (Fsp3) is 0.714. The summed E-state index contributed by atoms with van der Waals surface area (Å²) >= 11 is 0. The normalized spacial score (nSPS) is 27.3. The van der Waals surface area contributed by atoms with Gasteiger partial charge in [0.1, 0.15) is 6.04 Å². The van der Waals surface area contributed by atoms with Crippen LogP contribution in [0, 0.1) is 11.3 Å². The van der Waals surface area contributed by atoms with Gasteiger partial charge in [0.05, 0.1) is 19.2 Å². The van der Waals surface area contributed by atoms with E-state index in [1.165, 1.54) is 0 Å². The molecule has 1 heterocycles. The zero-order valence-electron chi connectivity index (χ0n) is 6.41. The lowest BCUT2D eigenvalue weighted by Crippen LogP contribution is -2.17. The molecule has 0 radical (unpaired) electrons. The molecule has 0 bridgehead atoms. The topological polar surface area (TPSA) is 53.1 Å². The minimum Gasteiger partial charge on any atom is -0.465 e. The summed E-state index contributed by atoms with van der Waals surface area (Å²) in [7, 11) is 0. The second-order valence-corrected chi connectivity index (χ2v) is 2.38. The average molecular weight is 154 g/mol. The van der Waals surface area contributed by atoms with E-state index in [1.54, 1.807) is 11.8 Å². The number of ether oxygens (including phenoxy) is 1. The summed E-state index contributed by atoms with van der Waals surface area (Å²) in [6.45, 7) is 3.13. The summed E-state index contributed by atoms with van der Waals surface area (Å²) in [6.07, 6.45) is 0. The van der Waals surface area contributed by atoms with Crippen LogP contribution in [0.25, 0.3) is 0 Å². The summed E-state index contributed by atoms with van der Waals surface area (Å²) in [6, 6.07) is 2.00. The van der Waals surface area contributed by atoms with Gasteiger partial charge in [-0.05, 0) is 6.92 Å². The van der Waals surface area contributed by atoms with Gasteiger partial charge in [0.25, 0.3) is 0 Å². The van der Waals surface area contributed by atoms with Crippen LogP contribution in [0.15, 0.2) is 0 Å². The Morgan fingerprint density at radius 3 is 3.09 bits per heavy atom. The fourth-order valence-electron chi connectivity index (χ4n) is 0.845. The van der Waals surface area contributed by atoms with Gasteiger partial charge in [0.2, 0.25) is 0 Å². The zero-order valence-corrected chi connectivity index (χ0v) is 6.41. The van der Waals surface area contributed by atoms with E-state index in [2.05, 4.69) is 6.07 Å². The van der Waals surface area contributed by atoms with E-state index in [0.717, 1.165) is 0 Å². The average Bonchev–Trinajstić information content (AvgIpc) is 2.68. The Balaban J connectivity index is 2.14. The molecule has 0 aromatic rings. The van der Waals surface area contributed by atoms with Crippen LogP contribution in [0.5, 0.6) is 0 Å². The molecule has 0 N–H and O–H groups in total. The van der Waals surface area contributed by atoms with Gasteiger partial charge in [-0.25, -0.2) is 0 Å². The van der Waals surface area contributed by atoms with Crippen LogP contribution in [-0.4, -0.2) is 36.6 Å². The minimum absolute atomic E-state index is 0.0561. The highest BCUT2D eigenvalue weighted by Crippen LogP contribution is 2.14. The van der Waals surface area contributed by atoms with E-state index in [4.69, 9.17) is 10.00 Å². The van der Waals surface area contributed by atoms with Crippen LogP contribution in [-0.2, 0) is 9.53 Å². The largest absolute Gasteiger partial charge is 0.465 e. The third kappa shape index (κ3) is 2.20. The van der Waals surface area contributed by atoms with Gasteiger partial charge in [-0.1, -0.05) is 0 Å². The second kappa shape index (κ2) is 3.35. The standard InChI is InChI=1S/C7H10N2O2/c1-2-11-7(10)5-9-4-6(9)3-8/h6H,2,4-5H2,1H3. The zero-order chi connectivity index (χ0) is 8.27. The van der Waals surface area contributed by atoms with Gasteiger partial charge in [-0.15, -0.1) is 0 Å². The highest BCUT2D eigenvalue weighted by Gasteiger charge is 2.35. The molecule has 1 rings (SSSR count). The molecule has 1 fully saturated rings. The molecule has 4 heteroatoms. The summed E-state index contributed by atoms with van der Waals surface area (Å²) < 4.78 is 4.70. The monoisotopic (exact) mass is 154 g/mol. The quantitative estimate of drug-likeness (QED) is 0.415. The Morgan fingerprint density at radius 2 is 2.64 bits per heavy atom. The van der Waals surface area contributed by atoms with Crippen molar-refractivity contribution in [3.63, 3.8) is 0 Å². The minimum atomic E-state index is -0.245. The van der Waals surface area contributed by atoms with Crippen LogP contribution in [0.4, 0.5) is 0 Å². The fourth-order valence-corrected chi connectivity index (χ4v) is 0.845. The van der Waals surface area contributed by atoms with Crippen molar-refractivity contribution in [3.8, 4) is 6.07 Å². The summed E-state index contributed by atoms with van der Waals surface area (Å²) in [4.78, 5) is 12.5. The number of nitrogens with zero attached hydrogens (tertiary/aromatic N) is 2. The molecule has 2 unspecified atom stereocenters. The first-order chi connectivity index (χ1) is 5.27. The van der Waals surface area contributed by atoms with Gasteiger partial charge < -0.3 is 4.74 Å². The Morgan fingerprint density at radius 1 is 1.91 bits per heavy atom. The van der Waals surface area contributed by atoms with Crippen LogP contribution < -0.4 is 0 Å². The molecule has 1 saturated heterocycles. The third-order valence-electron chi connectivity index (χ3n) is 1.50. The summed E-state index contributed by atoms with van der Waals surface area (Å²) in [5, 5.41) is 8.38. The molecule has 0 saturated carbocycles. The molecule has 0 amide bonds. The molecule has 0 aromatic carbocycles. The molecule has 1 aliphatic heterocycles. The van der Waals surface area contributed by atoms with Crippen molar-refractivity contribution in [2.75, 3.05) is 19.7 Å². The van der Waals surface area contributed by atoms with Crippen molar-refractivity contribution >= 4 is 5.97 Å². The molecular formula is C7H10N2O2. The number of esters is 1. The molecule has 11 heavy (non-hydrogen) atoms. The van der Waals surface area contributed by atoms with Gasteiger partial charge >= 0.3 is 5.97 Å². The number of rotatable bonds is 3. The van der Waals surface area contributed by atoms with Gasteiger partial charge in [-0.2, -0.15) is 5.26 Å². The maximum absolute atomic E-state index is 10.8. The molecule has 0 aliphatic carbocycles. The molecule has 4 nitrogen and oxygen atoms in total. The van der Waals surface area contributed by atoms with E-state index >= 15 is 0 Å². The molecule has 0 aromatic heterocycles. The van der Waals surface area contributed by atoms with Gasteiger partial charge in [-0.3, -0.25) is 9.69 Å². The van der Waals surface area contributed by atoms with Crippen molar-refractivity contribution in [1.29, 1.82) is 5.26 Å². The highest BCUT2D eigenvalue weighted by atomic mass is 16.5. The first-order valence-corrected chi connectivity index (χ1v) is 3.57. The van der Waals surface area contributed by atoms with Crippen molar-refractivity contribution in [2.45, 2.75) is 13.0 Å². The van der Waals surface area contributed by atoms with E-state index < -0.39 is 0 Å². The maximum atomic E-state index is 10.8. The predicted octanol–water partition coefficient (Wildman–Crippen LogP) is -0.243. The smallest absolute Gasteiger partial charge is 0.320 e. The SMILES string of the molecule is CCOC(=O)CN1CC1C#N. The Labute approximate surface area is 65.4 Å². The summed E-state index contributed by atoms with van der Waals surface area (Å²) in [5.74, 6) is -0.245. The number of carbonyl (C=O) groups excluding carboxylic acids is 1. The van der Waals surface area contributed by atoms with Crippen molar-refractivity contribution in [3.05, 3.63) is 0 Å². The van der Waals surface area contributed by atoms with Crippen molar-refractivity contribution in [1.82, 2.24) is 4.90 Å². The Kier molecular flexibility index (Phi) is 2.44. The van der Waals surface area contributed by atoms with Crippen LogP contribution in [0.1, 0.15) is 6.92 Å². The van der Waals surface area contributed by atoms with Crippen LogP contribution in [0.2, 0.25) is 0 Å². The number of hydrogen-bond donors (Lipinski definition) is 0. The van der Waals surface area contributed by atoms with Crippen LogP contribution >= 0.6 is 0 Å². The van der Waals surface area contributed by atoms with E-state index in [-0.39, 0.29) is 18.6 Å².